The quantitative estimate of drug-likeness (QED) is 0.294. The molecular formula is C27H28ClNO6. The molecule has 1 saturated heterocycles. The molecule has 0 bridgehead atoms. The normalized spacial score (nSPS) is 24.9. The molecule has 3 aromatic rings. The molecule has 0 aliphatic carbocycles. The van der Waals surface area contributed by atoms with Crippen molar-refractivity contribution in [1.29, 1.82) is 0 Å². The van der Waals surface area contributed by atoms with Gasteiger partial charge in [0.2, 0.25) is 0 Å². The van der Waals surface area contributed by atoms with Crippen LogP contribution in [0.2, 0.25) is 5.02 Å². The van der Waals surface area contributed by atoms with Gasteiger partial charge in [-0.15, -0.1) is 0 Å². The molecular weight excluding hydrogens is 470 g/mol. The Balaban J connectivity index is 1.48. The minimum atomic E-state index is -1.44. The van der Waals surface area contributed by atoms with Gasteiger partial charge in [-0.3, -0.25) is 0 Å². The van der Waals surface area contributed by atoms with E-state index in [1.807, 2.05) is 67.6 Å². The van der Waals surface area contributed by atoms with E-state index in [9.17, 15) is 20.4 Å². The van der Waals surface area contributed by atoms with E-state index < -0.39 is 37.1 Å². The molecule has 1 fully saturated rings. The number of para-hydroxylation sites is 1. The third-order valence-corrected chi connectivity index (χ3v) is 6.46. The summed E-state index contributed by atoms with van der Waals surface area (Å²) in [6.45, 7) is 1.39. The first-order valence-corrected chi connectivity index (χ1v) is 11.7. The molecule has 0 saturated carbocycles. The fraction of sp³-hybridized carbons (Fsp3) is 0.296. The van der Waals surface area contributed by atoms with Gasteiger partial charge in [-0.2, -0.15) is 0 Å². The van der Waals surface area contributed by atoms with Crippen molar-refractivity contribution < 1.29 is 30.0 Å². The van der Waals surface area contributed by atoms with Crippen LogP contribution < -0.4 is 4.84 Å². The number of hydrogen-bond acceptors (Lipinski definition) is 7. The zero-order valence-corrected chi connectivity index (χ0v) is 19.9. The monoisotopic (exact) mass is 497 g/mol. The Hall–Kier alpha value is -2.78. The number of benzene rings is 3. The Morgan fingerprint density at radius 3 is 2.34 bits per heavy atom. The molecule has 1 aliphatic heterocycles. The van der Waals surface area contributed by atoms with Crippen LogP contribution in [0, 0.1) is 0 Å². The molecule has 3 aromatic carbocycles. The van der Waals surface area contributed by atoms with E-state index in [2.05, 4.69) is 5.16 Å². The largest absolute Gasteiger partial charge is 0.394 e. The van der Waals surface area contributed by atoms with Crippen LogP contribution in [0.25, 0.3) is 0 Å². The lowest BCUT2D eigenvalue weighted by atomic mass is 9.90. The molecule has 4 rings (SSSR count). The summed E-state index contributed by atoms with van der Waals surface area (Å²) in [7, 11) is 0. The maximum Gasteiger partial charge on any atom is 0.157 e. The van der Waals surface area contributed by atoms with Gasteiger partial charge in [0.15, 0.2) is 5.75 Å². The van der Waals surface area contributed by atoms with Gasteiger partial charge in [0.25, 0.3) is 0 Å². The highest BCUT2D eigenvalue weighted by atomic mass is 35.5. The number of nitrogens with zero attached hydrogens (tertiary/aromatic N) is 1. The molecule has 7 nitrogen and oxygen atoms in total. The summed E-state index contributed by atoms with van der Waals surface area (Å²) in [6, 6.07) is 22.4. The van der Waals surface area contributed by atoms with E-state index in [4.69, 9.17) is 21.2 Å². The van der Waals surface area contributed by atoms with Gasteiger partial charge in [-0.25, -0.2) is 0 Å². The fourth-order valence-corrected chi connectivity index (χ4v) is 4.21. The summed E-state index contributed by atoms with van der Waals surface area (Å²) in [5.74, 6) is 0.664. The molecule has 0 amide bonds. The van der Waals surface area contributed by atoms with E-state index >= 15 is 0 Å². The van der Waals surface area contributed by atoms with Crippen LogP contribution in [-0.4, -0.2) is 57.2 Å². The second-order valence-corrected chi connectivity index (χ2v) is 8.96. The van der Waals surface area contributed by atoms with Crippen molar-refractivity contribution in [2.45, 2.75) is 43.9 Å². The Labute approximate surface area is 208 Å². The van der Waals surface area contributed by atoms with Crippen molar-refractivity contribution in [3.8, 4) is 5.75 Å². The average Bonchev–Trinajstić information content (AvgIpc) is 2.88. The van der Waals surface area contributed by atoms with Crippen LogP contribution in [-0.2, 0) is 11.2 Å². The van der Waals surface area contributed by atoms with Crippen LogP contribution in [0.15, 0.2) is 78.0 Å². The third kappa shape index (κ3) is 5.90. The molecule has 4 N–H and O–H groups in total. The molecule has 5 atom stereocenters. The number of hydrogen-bond donors (Lipinski definition) is 4. The lowest BCUT2D eigenvalue weighted by molar-refractivity contribution is -0.231. The Morgan fingerprint density at radius 1 is 0.943 bits per heavy atom. The zero-order chi connectivity index (χ0) is 24.9. The zero-order valence-electron chi connectivity index (χ0n) is 19.2. The summed E-state index contributed by atoms with van der Waals surface area (Å²) in [4.78, 5) is 5.46. The highest BCUT2D eigenvalue weighted by Gasteiger charge is 2.44. The van der Waals surface area contributed by atoms with Crippen LogP contribution in [0.1, 0.15) is 35.3 Å². The van der Waals surface area contributed by atoms with Crippen molar-refractivity contribution in [3.05, 3.63) is 100 Å². The van der Waals surface area contributed by atoms with E-state index in [1.54, 1.807) is 12.1 Å². The molecule has 1 aliphatic rings. The number of ether oxygens (including phenoxy) is 1. The molecule has 8 heteroatoms. The summed E-state index contributed by atoms with van der Waals surface area (Å²) >= 11 is 6.44. The van der Waals surface area contributed by atoms with Crippen LogP contribution >= 0.6 is 11.6 Å². The van der Waals surface area contributed by atoms with Gasteiger partial charge in [0.05, 0.1) is 12.3 Å². The second-order valence-electron chi connectivity index (χ2n) is 8.56. The first kappa shape index (κ1) is 25.3. The smallest absolute Gasteiger partial charge is 0.157 e. The number of oxime groups is 1. The number of rotatable bonds is 7. The molecule has 0 aromatic heterocycles. The number of aliphatic hydroxyl groups is 4. The lowest BCUT2D eigenvalue weighted by Crippen LogP contribution is -2.55. The first-order chi connectivity index (χ1) is 16.9. The minimum absolute atomic E-state index is 0.479. The van der Waals surface area contributed by atoms with Crippen LogP contribution in [0.5, 0.6) is 5.75 Å². The van der Waals surface area contributed by atoms with Gasteiger partial charge in [-0.05, 0) is 53.8 Å². The standard InChI is InChI=1S/C27H28ClNO6/c1-16(29-35-21-5-3-2-4-6-21)18-9-7-17(8-10-18)13-20-14-19(11-12-22(20)28)27-26(33)25(32)24(31)23(15-30)34-27/h2-12,14,23-27,30-33H,13,15H2,1H3. The van der Waals surface area contributed by atoms with Crippen molar-refractivity contribution >= 4 is 17.3 Å². The van der Waals surface area contributed by atoms with E-state index in [0.29, 0.717) is 22.8 Å². The molecule has 0 spiro atoms. The van der Waals surface area contributed by atoms with Crippen molar-refractivity contribution in [2.24, 2.45) is 5.16 Å². The number of aliphatic hydroxyl groups excluding tert-OH is 4. The van der Waals surface area contributed by atoms with Crippen LogP contribution in [0.3, 0.4) is 0 Å². The van der Waals surface area contributed by atoms with Crippen molar-refractivity contribution in [2.75, 3.05) is 6.61 Å². The summed E-state index contributed by atoms with van der Waals surface area (Å²) < 4.78 is 5.68. The molecule has 0 radical (unpaired) electrons. The predicted molar refractivity (Wildman–Crippen MR) is 133 cm³/mol. The molecule has 5 unspecified atom stereocenters. The van der Waals surface area contributed by atoms with Gasteiger partial charge < -0.3 is 30.0 Å². The molecule has 184 valence electrons. The first-order valence-electron chi connectivity index (χ1n) is 11.3. The van der Waals surface area contributed by atoms with E-state index in [-0.39, 0.29) is 0 Å². The molecule has 35 heavy (non-hydrogen) atoms. The van der Waals surface area contributed by atoms with Gasteiger partial charge in [0, 0.05) is 5.02 Å². The Kier molecular flexibility index (Phi) is 8.18. The second kappa shape index (κ2) is 11.3. The number of halogens is 1. The highest BCUT2D eigenvalue weighted by molar-refractivity contribution is 6.31. The summed E-state index contributed by atoms with van der Waals surface area (Å²) in [5, 5.41) is 44.8. The predicted octanol–water partition coefficient (Wildman–Crippen LogP) is 3.25. The SMILES string of the molecule is CC(=NOc1ccccc1)c1ccc(Cc2cc(C3OC(CO)C(O)C(O)C3O)ccc2Cl)cc1. The summed E-state index contributed by atoms with van der Waals surface area (Å²) in [5.41, 5.74) is 4.08. The average molecular weight is 498 g/mol. The minimum Gasteiger partial charge on any atom is -0.394 e. The topological polar surface area (TPSA) is 112 Å². The molecule has 1 heterocycles. The maximum atomic E-state index is 10.5. The van der Waals surface area contributed by atoms with Crippen LogP contribution in [0.4, 0.5) is 0 Å². The fourth-order valence-electron chi connectivity index (χ4n) is 4.02. The van der Waals surface area contributed by atoms with Gasteiger partial charge >= 0.3 is 0 Å². The Morgan fingerprint density at radius 2 is 1.66 bits per heavy atom. The summed E-state index contributed by atoms with van der Waals surface area (Å²) in [6.07, 6.45) is -5.54. The maximum absolute atomic E-state index is 10.5. The third-order valence-electron chi connectivity index (χ3n) is 6.09. The highest BCUT2D eigenvalue weighted by Crippen LogP contribution is 2.34. The Bertz CT molecular complexity index is 1150. The van der Waals surface area contributed by atoms with Gasteiger partial charge in [-0.1, -0.05) is 71.4 Å². The lowest BCUT2D eigenvalue weighted by Gasteiger charge is -2.40. The van der Waals surface area contributed by atoms with E-state index in [1.165, 1.54) is 0 Å². The van der Waals surface area contributed by atoms with Crippen molar-refractivity contribution in [3.63, 3.8) is 0 Å². The van der Waals surface area contributed by atoms with Gasteiger partial charge in [0.1, 0.15) is 30.5 Å². The van der Waals surface area contributed by atoms with E-state index in [0.717, 1.165) is 22.4 Å². The van der Waals surface area contributed by atoms with Crippen molar-refractivity contribution in [1.82, 2.24) is 0 Å².